The van der Waals surface area contributed by atoms with Crippen molar-refractivity contribution in [1.82, 2.24) is 15.8 Å². The summed E-state index contributed by atoms with van der Waals surface area (Å²) in [4.78, 5) is 4.43. The summed E-state index contributed by atoms with van der Waals surface area (Å²) in [6, 6.07) is 5.50. The van der Waals surface area contributed by atoms with Crippen molar-refractivity contribution in [3.05, 3.63) is 52.9 Å². The van der Waals surface area contributed by atoms with Crippen molar-refractivity contribution < 1.29 is 13.3 Å². The van der Waals surface area contributed by atoms with E-state index >= 15 is 0 Å². The maximum atomic E-state index is 13.6. The second kappa shape index (κ2) is 11.1. The Morgan fingerprint density at radius 2 is 2.00 bits per heavy atom. The Morgan fingerprint density at radius 3 is 2.62 bits per heavy atom. The van der Waals surface area contributed by atoms with Crippen molar-refractivity contribution in [3.8, 4) is 0 Å². The number of benzene rings is 1. The van der Waals surface area contributed by atoms with E-state index in [1.165, 1.54) is 12.1 Å². The lowest BCUT2D eigenvalue weighted by Gasteiger charge is -2.11. The van der Waals surface area contributed by atoms with Gasteiger partial charge >= 0.3 is 0 Å². The predicted molar refractivity (Wildman–Crippen MR) is 109 cm³/mol. The Labute approximate surface area is 169 Å². The normalized spacial score (nSPS) is 11.4. The van der Waals surface area contributed by atoms with Crippen LogP contribution in [0, 0.1) is 11.6 Å². The first-order chi connectivity index (χ1) is 12.0. The molecule has 144 valence electrons. The minimum Gasteiger partial charge on any atom is -0.359 e. The number of hydrogen-bond donors (Lipinski definition) is 2. The van der Waals surface area contributed by atoms with Gasteiger partial charge in [0.05, 0.1) is 5.69 Å². The number of guanidine groups is 1. The van der Waals surface area contributed by atoms with Gasteiger partial charge in [0, 0.05) is 25.2 Å². The van der Waals surface area contributed by atoms with Crippen molar-refractivity contribution in [2.24, 2.45) is 4.99 Å². The van der Waals surface area contributed by atoms with Crippen LogP contribution in [0.1, 0.15) is 43.7 Å². The molecule has 0 spiro atoms. The lowest BCUT2D eigenvalue weighted by molar-refractivity contribution is 0.376. The van der Waals surface area contributed by atoms with Crippen LogP contribution >= 0.6 is 24.0 Å². The van der Waals surface area contributed by atoms with E-state index in [4.69, 9.17) is 4.52 Å². The van der Waals surface area contributed by atoms with Gasteiger partial charge in [-0.05, 0) is 30.9 Å². The van der Waals surface area contributed by atoms with Crippen molar-refractivity contribution >= 4 is 29.9 Å². The molecule has 0 aliphatic carbocycles. The molecule has 0 radical (unpaired) electrons. The maximum Gasteiger partial charge on any atom is 0.191 e. The fourth-order valence-corrected chi connectivity index (χ4v) is 2.21. The number of nitrogens with one attached hydrogen (secondary N) is 2. The van der Waals surface area contributed by atoms with Crippen LogP contribution in [-0.2, 0) is 13.0 Å². The highest BCUT2D eigenvalue weighted by molar-refractivity contribution is 14.0. The van der Waals surface area contributed by atoms with Crippen LogP contribution in [0.2, 0.25) is 0 Å². The molecule has 0 aliphatic rings. The van der Waals surface area contributed by atoms with E-state index in [2.05, 4.69) is 20.8 Å². The highest BCUT2D eigenvalue weighted by Gasteiger charge is 2.08. The zero-order valence-corrected chi connectivity index (χ0v) is 17.5. The molecule has 1 aromatic carbocycles. The average molecular weight is 478 g/mol. The molecule has 2 aromatic rings. The third-order valence-corrected chi connectivity index (χ3v) is 3.61. The van der Waals surface area contributed by atoms with Gasteiger partial charge in [-0.25, -0.2) is 13.8 Å². The molecule has 1 aromatic heterocycles. The van der Waals surface area contributed by atoms with Gasteiger partial charge < -0.3 is 15.2 Å². The van der Waals surface area contributed by atoms with Crippen LogP contribution in [0.25, 0.3) is 0 Å². The number of rotatable bonds is 7. The van der Waals surface area contributed by atoms with Crippen molar-refractivity contribution in [2.45, 2.75) is 39.7 Å². The lowest BCUT2D eigenvalue weighted by Crippen LogP contribution is -2.38. The summed E-state index contributed by atoms with van der Waals surface area (Å²) in [5, 5.41) is 10.2. The van der Waals surface area contributed by atoms with Crippen LogP contribution < -0.4 is 10.6 Å². The fourth-order valence-electron chi connectivity index (χ4n) is 2.21. The lowest BCUT2D eigenvalue weighted by atomic mass is 10.1. The molecule has 0 amide bonds. The average Bonchev–Trinajstić information content (AvgIpc) is 3.04. The summed E-state index contributed by atoms with van der Waals surface area (Å²) < 4.78 is 31.8. The van der Waals surface area contributed by atoms with Crippen molar-refractivity contribution in [3.63, 3.8) is 0 Å². The standard InChI is InChI=1S/C18H24F2N4O.HI/c1-4-21-18(23-11-15-10-17(12(2)3)24-25-15)22-8-7-13-5-6-14(19)9-16(13)20;/h5-6,9-10,12H,4,7-8,11H2,1-3H3,(H2,21,22,23);1H. The Bertz CT molecular complexity index is 719. The van der Waals surface area contributed by atoms with Gasteiger partial charge in [0.15, 0.2) is 11.7 Å². The smallest absolute Gasteiger partial charge is 0.191 e. The minimum absolute atomic E-state index is 0. The summed E-state index contributed by atoms with van der Waals surface area (Å²) in [7, 11) is 0. The van der Waals surface area contributed by atoms with Gasteiger partial charge in [0.25, 0.3) is 0 Å². The van der Waals surface area contributed by atoms with E-state index in [-0.39, 0.29) is 24.0 Å². The van der Waals surface area contributed by atoms with E-state index in [1.807, 2.05) is 26.8 Å². The summed E-state index contributed by atoms with van der Waals surface area (Å²) in [5.74, 6) is 0.486. The molecule has 2 N–H and O–H groups in total. The van der Waals surface area contributed by atoms with Crippen molar-refractivity contribution in [1.29, 1.82) is 0 Å². The molecule has 8 heteroatoms. The first-order valence-corrected chi connectivity index (χ1v) is 8.41. The number of aliphatic imine (C=N–C) groups is 1. The summed E-state index contributed by atoms with van der Waals surface area (Å²) >= 11 is 0. The van der Waals surface area contributed by atoms with E-state index < -0.39 is 11.6 Å². The van der Waals surface area contributed by atoms with Crippen LogP contribution in [0.15, 0.2) is 33.8 Å². The molecule has 2 rings (SSSR count). The van der Waals surface area contributed by atoms with Crippen LogP contribution in [0.3, 0.4) is 0 Å². The van der Waals surface area contributed by atoms with E-state index in [0.717, 1.165) is 11.8 Å². The first-order valence-electron chi connectivity index (χ1n) is 8.41. The number of aromatic nitrogens is 1. The van der Waals surface area contributed by atoms with E-state index in [9.17, 15) is 8.78 Å². The Kier molecular flexibility index (Phi) is 9.53. The summed E-state index contributed by atoms with van der Waals surface area (Å²) in [5.41, 5.74) is 1.36. The number of halogens is 3. The monoisotopic (exact) mass is 478 g/mol. The Balaban J connectivity index is 0.00000338. The largest absolute Gasteiger partial charge is 0.359 e. The highest BCUT2D eigenvalue weighted by Crippen LogP contribution is 2.14. The fraction of sp³-hybridized carbons (Fsp3) is 0.444. The van der Waals surface area contributed by atoms with Gasteiger partial charge in [0.2, 0.25) is 0 Å². The van der Waals surface area contributed by atoms with E-state index in [0.29, 0.717) is 49.3 Å². The second-order valence-corrected chi connectivity index (χ2v) is 5.98. The SMILES string of the molecule is CCNC(=NCc1cc(C(C)C)no1)NCCc1ccc(F)cc1F.I. The minimum atomic E-state index is -0.572. The molecular weight excluding hydrogens is 453 g/mol. The van der Waals surface area contributed by atoms with Gasteiger partial charge in [0.1, 0.15) is 18.2 Å². The molecule has 0 unspecified atom stereocenters. The van der Waals surface area contributed by atoms with Gasteiger partial charge in [-0.15, -0.1) is 24.0 Å². The summed E-state index contributed by atoms with van der Waals surface area (Å²) in [6.07, 6.45) is 0.427. The van der Waals surface area contributed by atoms with Gasteiger partial charge in [-0.2, -0.15) is 0 Å². The van der Waals surface area contributed by atoms with Crippen LogP contribution in [0.4, 0.5) is 8.78 Å². The van der Waals surface area contributed by atoms with Gasteiger partial charge in [-0.3, -0.25) is 0 Å². The third kappa shape index (κ3) is 6.89. The second-order valence-electron chi connectivity index (χ2n) is 5.98. The molecule has 1 heterocycles. The van der Waals surface area contributed by atoms with Gasteiger partial charge in [-0.1, -0.05) is 25.1 Å². The number of nitrogens with zero attached hydrogens (tertiary/aromatic N) is 2. The predicted octanol–water partition coefficient (Wildman–Crippen LogP) is 3.99. The zero-order valence-electron chi connectivity index (χ0n) is 15.2. The highest BCUT2D eigenvalue weighted by atomic mass is 127. The number of hydrogen-bond acceptors (Lipinski definition) is 3. The Hall–Kier alpha value is -1.71. The van der Waals surface area contributed by atoms with Crippen LogP contribution in [-0.4, -0.2) is 24.2 Å². The quantitative estimate of drug-likeness (QED) is 0.359. The first kappa shape index (κ1) is 22.3. The summed E-state index contributed by atoms with van der Waals surface area (Å²) in [6.45, 7) is 7.59. The molecular formula is C18H25F2IN4O. The van der Waals surface area contributed by atoms with E-state index in [1.54, 1.807) is 0 Å². The molecule has 0 saturated heterocycles. The van der Waals surface area contributed by atoms with Crippen LogP contribution in [0.5, 0.6) is 0 Å². The molecule has 0 atom stereocenters. The Morgan fingerprint density at radius 1 is 1.23 bits per heavy atom. The molecule has 26 heavy (non-hydrogen) atoms. The molecule has 0 aliphatic heterocycles. The van der Waals surface area contributed by atoms with Crippen molar-refractivity contribution in [2.75, 3.05) is 13.1 Å². The molecule has 5 nitrogen and oxygen atoms in total. The third-order valence-electron chi connectivity index (χ3n) is 3.61. The zero-order chi connectivity index (χ0) is 18.2. The molecule has 0 saturated carbocycles. The molecule has 0 fully saturated rings. The topological polar surface area (TPSA) is 62.5 Å². The molecule has 0 bridgehead atoms. The maximum absolute atomic E-state index is 13.6.